The van der Waals surface area contributed by atoms with E-state index >= 15 is 0 Å². The van der Waals surface area contributed by atoms with Crippen LogP contribution in [-0.2, 0) is 9.59 Å². The van der Waals surface area contributed by atoms with E-state index in [-0.39, 0.29) is 0 Å². The van der Waals surface area contributed by atoms with Crippen molar-refractivity contribution in [3.05, 3.63) is 0 Å². The molecule has 0 atom stereocenters. The summed E-state index contributed by atoms with van der Waals surface area (Å²) in [7, 11) is 0. The summed E-state index contributed by atoms with van der Waals surface area (Å²) in [6.45, 7) is 15.3. The quantitative estimate of drug-likeness (QED) is 0.450. The Morgan fingerprint density at radius 3 is 2.00 bits per heavy atom. The maximum Gasteiger partial charge on any atom is 0.414 e. The van der Waals surface area contributed by atoms with Gasteiger partial charge >= 0.3 is 11.9 Å². The van der Waals surface area contributed by atoms with Crippen molar-refractivity contribution in [2.24, 2.45) is 0 Å². The molecule has 23 heavy (non-hydrogen) atoms. The van der Waals surface area contributed by atoms with Crippen molar-refractivity contribution in [2.75, 3.05) is 45.8 Å². The molecule has 1 rings (SSSR count). The fourth-order valence-corrected chi connectivity index (χ4v) is 2.60. The minimum Gasteiger partial charge on any atom is -0.473 e. The van der Waals surface area contributed by atoms with Crippen LogP contribution in [0.2, 0.25) is 0 Å². The fourth-order valence-electron chi connectivity index (χ4n) is 2.60. The van der Waals surface area contributed by atoms with E-state index in [1.54, 1.807) is 0 Å². The number of piperidine rings is 1. The van der Waals surface area contributed by atoms with Crippen LogP contribution < -0.4 is 5.32 Å². The molecule has 0 radical (unpaired) electrons. The van der Waals surface area contributed by atoms with Gasteiger partial charge in [0.1, 0.15) is 0 Å². The van der Waals surface area contributed by atoms with Gasteiger partial charge in [-0.1, -0.05) is 20.8 Å². The Morgan fingerprint density at radius 1 is 1.09 bits per heavy atom. The molecular formula is C16H33N3O4. The van der Waals surface area contributed by atoms with Crippen LogP contribution >= 0.6 is 0 Å². The third kappa shape index (κ3) is 11.1. The largest absolute Gasteiger partial charge is 0.473 e. The minimum atomic E-state index is -1.82. The van der Waals surface area contributed by atoms with Gasteiger partial charge < -0.3 is 25.3 Å². The minimum absolute atomic E-state index is 0.773. The van der Waals surface area contributed by atoms with Gasteiger partial charge in [-0.15, -0.1) is 0 Å². The number of carbonyl (C=O) groups is 2. The highest BCUT2D eigenvalue weighted by Gasteiger charge is 2.16. The lowest BCUT2D eigenvalue weighted by atomic mass is 10.1. The molecule has 1 fully saturated rings. The number of aliphatic carboxylic acids is 2. The van der Waals surface area contributed by atoms with Crippen molar-refractivity contribution in [3.8, 4) is 0 Å². The van der Waals surface area contributed by atoms with E-state index < -0.39 is 11.9 Å². The highest BCUT2D eigenvalue weighted by Crippen LogP contribution is 2.09. The molecule has 0 unspecified atom stereocenters. The first-order valence-corrected chi connectivity index (χ1v) is 8.58. The van der Waals surface area contributed by atoms with E-state index in [0.29, 0.717) is 0 Å². The summed E-state index contributed by atoms with van der Waals surface area (Å²) in [5.74, 6) is -3.65. The third-order valence-electron chi connectivity index (χ3n) is 4.20. The van der Waals surface area contributed by atoms with Gasteiger partial charge in [-0.05, 0) is 65.1 Å². The first-order chi connectivity index (χ1) is 10.9. The second-order valence-corrected chi connectivity index (χ2v) is 5.65. The maximum atomic E-state index is 9.10. The first kappa shape index (κ1) is 21.8. The lowest BCUT2D eigenvalue weighted by molar-refractivity contribution is -0.159. The van der Waals surface area contributed by atoms with Gasteiger partial charge in [0.05, 0.1) is 0 Å². The van der Waals surface area contributed by atoms with E-state index in [0.717, 1.165) is 6.04 Å². The molecule has 1 saturated heterocycles. The second kappa shape index (κ2) is 13.3. The Labute approximate surface area is 139 Å². The number of nitrogens with one attached hydrogen (secondary N) is 1. The highest BCUT2D eigenvalue weighted by molar-refractivity contribution is 6.27. The molecule has 1 aliphatic rings. The normalized spacial score (nSPS) is 16.0. The molecular weight excluding hydrogens is 298 g/mol. The van der Waals surface area contributed by atoms with Gasteiger partial charge in [-0.25, -0.2) is 9.59 Å². The molecule has 0 aromatic carbocycles. The fraction of sp³-hybridized carbons (Fsp3) is 0.875. The molecule has 3 N–H and O–H groups in total. The number of hydrogen-bond acceptors (Lipinski definition) is 5. The molecule has 1 aliphatic heterocycles. The van der Waals surface area contributed by atoms with Crippen LogP contribution in [0, 0.1) is 0 Å². The van der Waals surface area contributed by atoms with Crippen molar-refractivity contribution in [1.29, 1.82) is 0 Å². The topological polar surface area (TPSA) is 93.1 Å². The van der Waals surface area contributed by atoms with Crippen molar-refractivity contribution >= 4 is 11.9 Å². The summed E-state index contributed by atoms with van der Waals surface area (Å²) in [5, 5.41) is 18.5. The van der Waals surface area contributed by atoms with Crippen LogP contribution in [-0.4, -0.2) is 83.8 Å². The average molecular weight is 331 g/mol. The summed E-state index contributed by atoms with van der Waals surface area (Å²) in [4.78, 5) is 23.3. The summed E-state index contributed by atoms with van der Waals surface area (Å²) in [6.07, 6.45) is 3.95. The monoisotopic (exact) mass is 331 g/mol. The van der Waals surface area contributed by atoms with Gasteiger partial charge in [-0.2, -0.15) is 0 Å². The molecule has 7 heteroatoms. The van der Waals surface area contributed by atoms with Crippen molar-refractivity contribution in [2.45, 2.75) is 46.1 Å². The smallest absolute Gasteiger partial charge is 0.414 e. The zero-order chi connectivity index (χ0) is 17.7. The third-order valence-corrected chi connectivity index (χ3v) is 4.20. The van der Waals surface area contributed by atoms with Crippen LogP contribution in [0.5, 0.6) is 0 Å². The van der Waals surface area contributed by atoms with Gasteiger partial charge in [0, 0.05) is 6.04 Å². The molecule has 136 valence electrons. The lowest BCUT2D eigenvalue weighted by Crippen LogP contribution is -2.43. The number of hydrogen-bond donors (Lipinski definition) is 3. The van der Waals surface area contributed by atoms with E-state index in [4.69, 9.17) is 19.8 Å². The Kier molecular flexibility index (Phi) is 12.6. The molecule has 1 heterocycles. The van der Waals surface area contributed by atoms with Crippen LogP contribution in [0.15, 0.2) is 0 Å². The number of carboxylic acids is 2. The zero-order valence-electron chi connectivity index (χ0n) is 14.8. The van der Waals surface area contributed by atoms with Crippen LogP contribution in [0.3, 0.4) is 0 Å². The predicted molar refractivity (Wildman–Crippen MR) is 90.8 cm³/mol. The summed E-state index contributed by atoms with van der Waals surface area (Å²) in [6, 6.07) is 0.773. The van der Waals surface area contributed by atoms with Crippen LogP contribution in [0.4, 0.5) is 0 Å². The highest BCUT2D eigenvalue weighted by atomic mass is 16.4. The van der Waals surface area contributed by atoms with Gasteiger partial charge in [0.25, 0.3) is 0 Å². The molecule has 0 saturated carbocycles. The Balaban J connectivity index is 0.000000688. The van der Waals surface area contributed by atoms with Crippen molar-refractivity contribution in [3.63, 3.8) is 0 Å². The van der Waals surface area contributed by atoms with Crippen molar-refractivity contribution < 1.29 is 19.8 Å². The van der Waals surface area contributed by atoms with Gasteiger partial charge in [0.15, 0.2) is 0 Å². The molecule has 0 amide bonds. The van der Waals surface area contributed by atoms with Crippen molar-refractivity contribution in [1.82, 2.24) is 15.1 Å². The number of nitrogens with zero attached hydrogens (tertiary/aromatic N) is 2. The molecule has 0 spiro atoms. The standard InChI is InChI=1S/C14H31N3.C2H2O4/c1-4-16(5-2)11-7-10-15-14-8-12-17(6-3)13-9-14;3-1(4)2(5)6/h14-15H,4-13H2,1-3H3;(H,3,4)(H,5,6). The van der Waals surface area contributed by atoms with E-state index in [1.165, 1.54) is 65.1 Å². The van der Waals surface area contributed by atoms with Gasteiger partial charge in [0.2, 0.25) is 0 Å². The summed E-state index contributed by atoms with van der Waals surface area (Å²) >= 11 is 0. The average Bonchev–Trinajstić information content (AvgIpc) is 2.56. The Hall–Kier alpha value is -1.18. The SMILES string of the molecule is CCN(CC)CCCNC1CCN(CC)CC1.O=C(O)C(=O)O. The molecule has 0 aliphatic carbocycles. The molecule has 0 aromatic heterocycles. The zero-order valence-corrected chi connectivity index (χ0v) is 14.8. The molecule has 7 nitrogen and oxygen atoms in total. The van der Waals surface area contributed by atoms with Gasteiger partial charge in [-0.3, -0.25) is 0 Å². The predicted octanol–water partition coefficient (Wildman–Crippen LogP) is 0.948. The number of likely N-dealkylation sites (tertiary alicyclic amines) is 1. The molecule has 0 aromatic rings. The summed E-state index contributed by atoms with van der Waals surface area (Å²) < 4.78 is 0. The maximum absolute atomic E-state index is 9.10. The Morgan fingerprint density at radius 2 is 1.61 bits per heavy atom. The number of carboxylic acid groups (broad SMARTS) is 2. The number of rotatable bonds is 8. The van der Waals surface area contributed by atoms with Crippen LogP contribution in [0.25, 0.3) is 0 Å². The molecule has 0 bridgehead atoms. The first-order valence-electron chi connectivity index (χ1n) is 8.58. The summed E-state index contributed by atoms with van der Waals surface area (Å²) in [5.41, 5.74) is 0. The van der Waals surface area contributed by atoms with E-state index in [9.17, 15) is 0 Å². The second-order valence-electron chi connectivity index (χ2n) is 5.65. The van der Waals surface area contributed by atoms with E-state index in [1.807, 2.05) is 0 Å². The lowest BCUT2D eigenvalue weighted by Gasteiger charge is -2.31. The van der Waals surface area contributed by atoms with Crippen LogP contribution in [0.1, 0.15) is 40.0 Å². The van der Waals surface area contributed by atoms with E-state index in [2.05, 4.69) is 35.9 Å². The Bertz CT molecular complexity index is 315.